The van der Waals surface area contributed by atoms with Crippen molar-refractivity contribution in [3.63, 3.8) is 0 Å². The minimum Gasteiger partial charge on any atom is -0.478 e. The number of carbonyl (C=O) groups is 2. The van der Waals surface area contributed by atoms with Gasteiger partial charge in [-0.1, -0.05) is 12.8 Å². The summed E-state index contributed by atoms with van der Waals surface area (Å²) in [6, 6.07) is 1.52. The molecule has 0 radical (unpaired) electrons. The van der Waals surface area contributed by atoms with Gasteiger partial charge in [-0.3, -0.25) is 4.79 Å². The van der Waals surface area contributed by atoms with Crippen LogP contribution in [0.3, 0.4) is 0 Å². The van der Waals surface area contributed by atoms with Crippen LogP contribution < -0.4 is 0 Å². The predicted molar refractivity (Wildman–Crippen MR) is 60.0 cm³/mol. The Hall–Kier alpha value is -1.78. The Balaban J connectivity index is 2.09. The van der Waals surface area contributed by atoms with Crippen molar-refractivity contribution in [1.29, 1.82) is 0 Å². The van der Waals surface area contributed by atoms with E-state index in [9.17, 15) is 9.59 Å². The lowest BCUT2D eigenvalue weighted by molar-refractivity contribution is 0.0690. The molecule has 1 fully saturated rings. The Morgan fingerprint density at radius 1 is 1.41 bits per heavy atom. The van der Waals surface area contributed by atoms with Gasteiger partial charge in [0.25, 0.3) is 5.91 Å². The zero-order chi connectivity index (χ0) is 12.4. The number of carboxylic acids is 1. The second-order valence-electron chi connectivity index (χ2n) is 4.36. The zero-order valence-electron chi connectivity index (χ0n) is 9.68. The second-order valence-corrected chi connectivity index (χ2v) is 4.36. The summed E-state index contributed by atoms with van der Waals surface area (Å²) in [6.07, 6.45) is 5.39. The number of hydrogen-bond acceptors (Lipinski definition) is 3. The van der Waals surface area contributed by atoms with Crippen molar-refractivity contribution in [2.24, 2.45) is 0 Å². The van der Waals surface area contributed by atoms with Gasteiger partial charge in [-0.05, 0) is 12.8 Å². The van der Waals surface area contributed by atoms with Crippen molar-refractivity contribution < 1.29 is 19.1 Å². The number of amides is 1. The molecule has 1 heterocycles. The Labute approximate surface area is 99.0 Å². The first-order valence-corrected chi connectivity index (χ1v) is 5.68. The van der Waals surface area contributed by atoms with E-state index in [0.717, 1.165) is 31.9 Å². The number of furan rings is 1. The molecule has 1 aliphatic rings. The summed E-state index contributed by atoms with van der Waals surface area (Å²) in [5.41, 5.74) is 0.00757. The summed E-state index contributed by atoms with van der Waals surface area (Å²) >= 11 is 0. The fraction of sp³-hybridized carbons (Fsp3) is 0.500. The van der Waals surface area contributed by atoms with Gasteiger partial charge in [0.2, 0.25) is 0 Å². The van der Waals surface area contributed by atoms with Crippen molar-refractivity contribution >= 4 is 11.9 Å². The van der Waals surface area contributed by atoms with Crippen LogP contribution in [-0.2, 0) is 0 Å². The third-order valence-electron chi connectivity index (χ3n) is 3.25. The van der Waals surface area contributed by atoms with Crippen molar-refractivity contribution in [2.75, 3.05) is 7.05 Å². The fourth-order valence-corrected chi connectivity index (χ4v) is 2.19. The van der Waals surface area contributed by atoms with Crippen molar-refractivity contribution in [3.05, 3.63) is 23.7 Å². The first-order chi connectivity index (χ1) is 8.09. The van der Waals surface area contributed by atoms with E-state index in [4.69, 9.17) is 9.52 Å². The lowest BCUT2D eigenvalue weighted by atomic mass is 10.2. The van der Waals surface area contributed by atoms with E-state index in [1.165, 1.54) is 6.07 Å². The molecule has 2 rings (SSSR count). The number of hydrogen-bond donors (Lipinski definition) is 1. The van der Waals surface area contributed by atoms with E-state index in [1.807, 2.05) is 0 Å². The van der Waals surface area contributed by atoms with Gasteiger partial charge in [0.1, 0.15) is 6.26 Å². The van der Waals surface area contributed by atoms with Crippen molar-refractivity contribution in [2.45, 2.75) is 31.7 Å². The van der Waals surface area contributed by atoms with Gasteiger partial charge < -0.3 is 14.4 Å². The molecule has 0 spiro atoms. The Morgan fingerprint density at radius 2 is 2.06 bits per heavy atom. The molecule has 92 valence electrons. The second kappa shape index (κ2) is 4.61. The maximum atomic E-state index is 12.0. The third-order valence-corrected chi connectivity index (χ3v) is 3.25. The van der Waals surface area contributed by atoms with Gasteiger partial charge in [-0.25, -0.2) is 4.79 Å². The van der Waals surface area contributed by atoms with Crippen molar-refractivity contribution in [3.8, 4) is 0 Å². The lowest BCUT2D eigenvalue weighted by Crippen LogP contribution is -2.34. The van der Waals surface area contributed by atoms with Crippen LogP contribution in [0.5, 0.6) is 0 Å². The van der Waals surface area contributed by atoms with Crippen LogP contribution in [0, 0.1) is 0 Å². The standard InChI is InChI=1S/C12H15NO4/c1-13(9-4-2-3-5-9)11(14)10-6-8(7-17-10)12(15)16/h6-7,9H,2-5H2,1H3,(H,15,16). The highest BCUT2D eigenvalue weighted by molar-refractivity contribution is 5.95. The van der Waals surface area contributed by atoms with Crippen LogP contribution in [0.25, 0.3) is 0 Å². The Morgan fingerprint density at radius 3 is 2.59 bits per heavy atom. The predicted octanol–water partition coefficient (Wildman–Crippen LogP) is 1.99. The van der Waals surface area contributed by atoms with E-state index in [1.54, 1.807) is 11.9 Å². The molecule has 0 saturated heterocycles. The average Bonchev–Trinajstić information content (AvgIpc) is 2.97. The highest BCUT2D eigenvalue weighted by Gasteiger charge is 2.26. The molecule has 17 heavy (non-hydrogen) atoms. The van der Waals surface area contributed by atoms with Crippen LogP contribution >= 0.6 is 0 Å². The number of aromatic carboxylic acids is 1. The van der Waals surface area contributed by atoms with Crippen LogP contribution in [0.4, 0.5) is 0 Å². The van der Waals surface area contributed by atoms with Crippen molar-refractivity contribution in [1.82, 2.24) is 4.90 Å². The molecule has 5 nitrogen and oxygen atoms in total. The first-order valence-electron chi connectivity index (χ1n) is 5.68. The molecule has 1 aromatic rings. The van der Waals surface area contributed by atoms with Crippen LogP contribution in [0.2, 0.25) is 0 Å². The van der Waals surface area contributed by atoms with Crippen LogP contribution in [0.15, 0.2) is 16.7 Å². The molecule has 1 aliphatic carbocycles. The monoisotopic (exact) mass is 237 g/mol. The molecule has 0 aliphatic heterocycles. The number of nitrogens with zero attached hydrogens (tertiary/aromatic N) is 1. The van der Waals surface area contributed by atoms with E-state index in [0.29, 0.717) is 0 Å². The highest BCUT2D eigenvalue weighted by atomic mass is 16.4. The van der Waals surface area contributed by atoms with E-state index >= 15 is 0 Å². The van der Waals surface area contributed by atoms with Gasteiger partial charge >= 0.3 is 5.97 Å². The molecular weight excluding hydrogens is 222 g/mol. The summed E-state index contributed by atoms with van der Waals surface area (Å²) in [6.45, 7) is 0. The van der Waals surface area contributed by atoms with Gasteiger partial charge in [-0.2, -0.15) is 0 Å². The normalized spacial score (nSPS) is 16.1. The minimum atomic E-state index is -1.09. The first kappa shape index (κ1) is 11.7. The average molecular weight is 237 g/mol. The Kier molecular flexibility index (Phi) is 3.17. The maximum Gasteiger partial charge on any atom is 0.338 e. The molecular formula is C12H15NO4. The van der Waals surface area contributed by atoms with Gasteiger partial charge in [-0.15, -0.1) is 0 Å². The van der Waals surface area contributed by atoms with Gasteiger partial charge in [0.15, 0.2) is 5.76 Å². The van der Waals surface area contributed by atoms with E-state index in [2.05, 4.69) is 0 Å². The maximum absolute atomic E-state index is 12.0. The zero-order valence-corrected chi connectivity index (χ0v) is 9.68. The molecule has 1 aromatic heterocycles. The highest BCUT2D eigenvalue weighted by Crippen LogP contribution is 2.24. The minimum absolute atomic E-state index is 0.00757. The topological polar surface area (TPSA) is 70.8 Å². The largest absolute Gasteiger partial charge is 0.478 e. The summed E-state index contributed by atoms with van der Waals surface area (Å²) in [5.74, 6) is -1.24. The van der Waals surface area contributed by atoms with Crippen LogP contribution in [-0.4, -0.2) is 35.0 Å². The smallest absolute Gasteiger partial charge is 0.338 e. The van der Waals surface area contributed by atoms with E-state index in [-0.39, 0.29) is 23.3 Å². The molecule has 1 amide bonds. The quantitative estimate of drug-likeness (QED) is 0.872. The third kappa shape index (κ3) is 2.33. The molecule has 0 atom stereocenters. The fourth-order valence-electron chi connectivity index (χ4n) is 2.19. The number of rotatable bonds is 3. The lowest BCUT2D eigenvalue weighted by Gasteiger charge is -2.22. The molecule has 0 aromatic carbocycles. The summed E-state index contributed by atoms with van der Waals surface area (Å²) in [7, 11) is 1.74. The van der Waals surface area contributed by atoms with Crippen LogP contribution in [0.1, 0.15) is 46.6 Å². The van der Waals surface area contributed by atoms with E-state index < -0.39 is 5.97 Å². The number of carbonyl (C=O) groups excluding carboxylic acids is 1. The SMILES string of the molecule is CN(C(=O)c1cc(C(=O)O)co1)C1CCCC1. The summed E-state index contributed by atoms with van der Waals surface area (Å²) in [4.78, 5) is 24.3. The molecule has 0 bridgehead atoms. The summed E-state index contributed by atoms with van der Waals surface area (Å²) < 4.78 is 5.00. The molecule has 1 saturated carbocycles. The molecule has 5 heteroatoms. The summed E-state index contributed by atoms with van der Waals surface area (Å²) in [5, 5.41) is 8.75. The number of carboxylic acid groups (broad SMARTS) is 1. The Bertz CT molecular complexity index is 431. The molecule has 1 N–H and O–H groups in total. The van der Waals surface area contributed by atoms with Gasteiger partial charge in [0, 0.05) is 19.2 Å². The molecule has 0 unspecified atom stereocenters. The van der Waals surface area contributed by atoms with Gasteiger partial charge in [0.05, 0.1) is 5.56 Å².